The van der Waals surface area contributed by atoms with Gasteiger partial charge >= 0.3 is 0 Å². The highest BCUT2D eigenvalue weighted by Gasteiger charge is 2.16. The van der Waals surface area contributed by atoms with Crippen LogP contribution in [0.1, 0.15) is 39.8 Å². The van der Waals surface area contributed by atoms with E-state index in [-0.39, 0.29) is 5.75 Å². The second kappa shape index (κ2) is 7.34. The lowest BCUT2D eigenvalue weighted by atomic mass is 9.52. The molecule has 8 heteroatoms. The van der Waals surface area contributed by atoms with Crippen molar-refractivity contribution in [2.45, 2.75) is 51.4 Å². The molecule has 0 bridgehead atoms. The van der Waals surface area contributed by atoms with Crippen molar-refractivity contribution in [2.75, 3.05) is 5.73 Å². The van der Waals surface area contributed by atoms with Crippen LogP contribution < -0.4 is 10.5 Å². The lowest BCUT2D eigenvalue weighted by molar-refractivity contribution is 0.0711. The van der Waals surface area contributed by atoms with Gasteiger partial charge < -0.3 is 15.6 Å². The van der Waals surface area contributed by atoms with E-state index in [1.54, 1.807) is 30.6 Å². The van der Waals surface area contributed by atoms with Gasteiger partial charge in [0, 0.05) is 0 Å². The molecular formula is C15H22B3N3O2. The largest absolute Gasteiger partial charge is 0.512 e. The first kappa shape index (κ1) is 19.5. The maximum atomic E-state index is 9.75. The van der Waals surface area contributed by atoms with Gasteiger partial charge in [-0.2, -0.15) is 5.10 Å². The molecule has 0 aliphatic carbocycles. The number of nitrogens with two attached hydrogens (primary N) is 1. The van der Waals surface area contributed by atoms with E-state index < -0.39 is 10.9 Å². The molecule has 23 heavy (non-hydrogen) atoms. The van der Waals surface area contributed by atoms with Crippen LogP contribution in [0.5, 0.6) is 5.75 Å². The fourth-order valence-electron chi connectivity index (χ4n) is 1.92. The molecule has 2 aromatic rings. The third-order valence-corrected chi connectivity index (χ3v) is 2.92. The average Bonchev–Trinajstić information content (AvgIpc) is 2.79. The number of aliphatic hydroxyl groups is 1. The van der Waals surface area contributed by atoms with Gasteiger partial charge in [0.2, 0.25) is 0 Å². The van der Waals surface area contributed by atoms with Crippen LogP contribution in [0.25, 0.3) is 5.52 Å². The first-order valence-corrected chi connectivity index (χ1v) is 7.59. The molecule has 0 atom stereocenters. The Morgan fingerprint density at radius 3 is 2.39 bits per heavy atom. The Balaban J connectivity index is 0.00000127. The van der Waals surface area contributed by atoms with E-state index in [1.165, 1.54) is 0 Å². The van der Waals surface area contributed by atoms with E-state index in [1.807, 2.05) is 19.9 Å². The number of aromatic nitrogens is 2. The van der Waals surface area contributed by atoms with Gasteiger partial charge in [0.05, 0.1) is 28.7 Å². The number of hydrogen-bond acceptors (Lipinski definition) is 4. The quantitative estimate of drug-likeness (QED) is 0.813. The van der Waals surface area contributed by atoms with Crippen molar-refractivity contribution in [3.05, 3.63) is 24.0 Å². The maximum absolute atomic E-state index is 9.75. The SMILES string of the molecule is CC.[B]C([B])([B])Oc1cn2nc(CCC(C)(C)O)cc2cc1N. The molecule has 0 saturated carbocycles. The third-order valence-electron chi connectivity index (χ3n) is 2.92. The van der Waals surface area contributed by atoms with Crippen LogP contribution in [0, 0.1) is 0 Å². The molecule has 0 aliphatic heterocycles. The van der Waals surface area contributed by atoms with E-state index >= 15 is 0 Å². The Bertz CT molecular complexity index is 646. The Morgan fingerprint density at radius 1 is 1.26 bits per heavy atom. The van der Waals surface area contributed by atoms with Gasteiger partial charge in [0.25, 0.3) is 0 Å². The molecule has 2 aromatic heterocycles. The van der Waals surface area contributed by atoms with Gasteiger partial charge in [-0.15, -0.1) is 0 Å². The predicted molar refractivity (Wildman–Crippen MR) is 96.2 cm³/mol. The first-order chi connectivity index (χ1) is 10.5. The third kappa shape index (κ3) is 6.22. The lowest BCUT2D eigenvalue weighted by Gasteiger charge is -2.24. The Labute approximate surface area is 141 Å². The van der Waals surface area contributed by atoms with Gasteiger partial charge in [0.1, 0.15) is 23.5 Å². The highest BCUT2D eigenvalue weighted by atomic mass is 16.5. The van der Waals surface area contributed by atoms with Gasteiger partial charge in [-0.05, 0) is 44.1 Å². The van der Waals surface area contributed by atoms with Gasteiger partial charge in [-0.1, -0.05) is 13.8 Å². The zero-order valence-corrected chi connectivity index (χ0v) is 14.2. The summed E-state index contributed by atoms with van der Waals surface area (Å²) in [5.41, 5.74) is 7.15. The van der Waals surface area contributed by atoms with E-state index in [2.05, 4.69) is 5.10 Å². The topological polar surface area (TPSA) is 72.8 Å². The molecule has 5 nitrogen and oxygen atoms in total. The summed E-state index contributed by atoms with van der Waals surface area (Å²) in [4.78, 5) is 0. The number of nitrogen functional groups attached to an aromatic ring is 1. The predicted octanol–water partition coefficient (Wildman–Crippen LogP) is 1.14. The summed E-state index contributed by atoms with van der Waals surface area (Å²) in [6.07, 6.45) is 2.82. The van der Waals surface area contributed by atoms with Gasteiger partial charge in [-0.25, -0.2) is 4.52 Å². The fraction of sp³-hybridized carbons (Fsp3) is 0.533. The number of ether oxygens (including phenoxy) is 1. The summed E-state index contributed by atoms with van der Waals surface area (Å²) in [6.45, 7) is 7.52. The smallest absolute Gasteiger partial charge is 0.158 e. The Hall–Kier alpha value is -1.56. The molecule has 0 fully saturated rings. The number of pyridine rings is 1. The molecule has 0 spiro atoms. The molecule has 0 aromatic carbocycles. The van der Waals surface area contributed by atoms with E-state index in [0.717, 1.165) is 11.2 Å². The summed E-state index contributed by atoms with van der Waals surface area (Å²) in [5, 5.41) is 12.3. The molecule has 6 radical (unpaired) electrons. The molecule has 2 heterocycles. The van der Waals surface area contributed by atoms with Crippen molar-refractivity contribution < 1.29 is 9.84 Å². The normalized spacial score (nSPS) is 11.9. The summed E-state index contributed by atoms with van der Waals surface area (Å²) < 4.78 is 6.78. The minimum absolute atomic E-state index is 0.257. The molecule has 0 saturated heterocycles. The molecule has 0 aliphatic rings. The zero-order valence-electron chi connectivity index (χ0n) is 14.2. The second-order valence-electron chi connectivity index (χ2n) is 5.87. The highest BCUT2D eigenvalue weighted by Crippen LogP contribution is 2.25. The van der Waals surface area contributed by atoms with Crippen molar-refractivity contribution in [1.82, 2.24) is 9.61 Å². The monoisotopic (exact) mass is 309 g/mol. The number of fused-ring (bicyclic) bond motifs is 1. The van der Waals surface area contributed by atoms with Crippen LogP contribution in [0.15, 0.2) is 18.3 Å². The van der Waals surface area contributed by atoms with Crippen LogP contribution in [0.3, 0.4) is 0 Å². The van der Waals surface area contributed by atoms with E-state index in [4.69, 9.17) is 34.0 Å². The van der Waals surface area contributed by atoms with E-state index in [0.29, 0.717) is 18.5 Å². The zero-order chi connectivity index (χ0) is 17.8. The lowest BCUT2D eigenvalue weighted by Crippen LogP contribution is -2.37. The van der Waals surface area contributed by atoms with Crippen molar-refractivity contribution in [3.63, 3.8) is 0 Å². The second-order valence-corrected chi connectivity index (χ2v) is 5.87. The maximum Gasteiger partial charge on any atom is 0.158 e. The highest BCUT2D eigenvalue weighted by molar-refractivity contribution is 6.58. The van der Waals surface area contributed by atoms with Crippen LogP contribution >= 0.6 is 0 Å². The summed E-state index contributed by atoms with van der Waals surface area (Å²) in [6, 6.07) is 3.59. The minimum Gasteiger partial charge on any atom is -0.512 e. The molecule has 118 valence electrons. The molecule has 2 rings (SSSR count). The van der Waals surface area contributed by atoms with Crippen LogP contribution in [-0.2, 0) is 6.42 Å². The average molecular weight is 309 g/mol. The van der Waals surface area contributed by atoms with E-state index in [9.17, 15) is 5.11 Å². The molecular weight excluding hydrogens is 287 g/mol. The van der Waals surface area contributed by atoms with Crippen molar-refractivity contribution in [1.29, 1.82) is 0 Å². The van der Waals surface area contributed by atoms with Gasteiger partial charge in [-0.3, -0.25) is 0 Å². The van der Waals surface area contributed by atoms with Crippen molar-refractivity contribution in [2.24, 2.45) is 0 Å². The number of aryl methyl sites for hydroxylation is 1. The molecule has 0 unspecified atom stereocenters. The molecule has 0 amide bonds. The summed E-state index contributed by atoms with van der Waals surface area (Å²) >= 11 is 0. The van der Waals surface area contributed by atoms with Crippen LogP contribution in [0.4, 0.5) is 5.69 Å². The summed E-state index contributed by atoms with van der Waals surface area (Å²) in [7, 11) is 16.2. The molecule has 3 N–H and O–H groups in total. The van der Waals surface area contributed by atoms with Crippen LogP contribution in [-0.4, -0.2) is 49.2 Å². The number of anilines is 1. The Morgan fingerprint density at radius 2 is 1.87 bits per heavy atom. The number of rotatable bonds is 5. The standard InChI is InChI=1S/C13H16B3N3O2.C2H6/c1-12(2,20)4-3-8-5-9-6-10(17)11(7-19(9)18-8)21-13(14,15)16;1-2/h5-7,20H,3-4,17H2,1-2H3;1-2H3. The van der Waals surface area contributed by atoms with Gasteiger partial charge in [0.15, 0.2) is 5.75 Å². The van der Waals surface area contributed by atoms with Crippen LogP contribution in [0.2, 0.25) is 0 Å². The number of nitrogens with zero attached hydrogens (tertiary/aromatic N) is 2. The fourth-order valence-corrected chi connectivity index (χ4v) is 1.92. The van der Waals surface area contributed by atoms with Crippen molar-refractivity contribution in [3.8, 4) is 5.75 Å². The minimum atomic E-state index is -1.81. The number of hydrogen-bond donors (Lipinski definition) is 2. The summed E-state index contributed by atoms with van der Waals surface area (Å²) in [5.74, 6) is 0.257. The van der Waals surface area contributed by atoms with Crippen molar-refractivity contribution >= 4 is 34.7 Å². The first-order valence-electron chi connectivity index (χ1n) is 7.59. The Kier molecular flexibility index (Phi) is 6.22.